The summed E-state index contributed by atoms with van der Waals surface area (Å²) in [5.74, 6) is 0.578. The zero-order chi connectivity index (χ0) is 30.3. The van der Waals surface area contributed by atoms with Gasteiger partial charge in [-0.25, -0.2) is 13.4 Å². The Labute approximate surface area is 241 Å². The van der Waals surface area contributed by atoms with E-state index in [9.17, 15) is 21.6 Å². The number of aromatic nitrogens is 2. The SMILES string of the molecule is Cc1cc(C)c(C(=O)N(Cc2nc3cc(NS(C)(=O)=O)ccc3n2-c2ccc(OS(C)(=O)=O)cc2)C(C)C)c(C)c1. The number of sulfonamides is 1. The highest BCUT2D eigenvalue weighted by Gasteiger charge is 2.25. The van der Waals surface area contributed by atoms with Crippen LogP contribution >= 0.6 is 0 Å². The number of nitrogens with zero attached hydrogens (tertiary/aromatic N) is 3. The molecule has 1 heterocycles. The average molecular weight is 599 g/mol. The summed E-state index contributed by atoms with van der Waals surface area (Å²) in [5, 5.41) is 0. The molecule has 0 fully saturated rings. The Morgan fingerprint density at radius 2 is 1.56 bits per heavy atom. The van der Waals surface area contributed by atoms with Crippen molar-refractivity contribution in [3.8, 4) is 11.4 Å². The number of anilines is 1. The van der Waals surface area contributed by atoms with E-state index in [1.54, 1.807) is 35.2 Å². The predicted octanol–water partition coefficient (Wildman–Crippen LogP) is 4.71. The lowest BCUT2D eigenvalue weighted by Crippen LogP contribution is -2.38. The summed E-state index contributed by atoms with van der Waals surface area (Å²) in [7, 11) is -7.20. The number of carbonyl (C=O) groups excluding carboxylic acids is 1. The summed E-state index contributed by atoms with van der Waals surface area (Å²) in [6.07, 6.45) is 2.04. The van der Waals surface area contributed by atoms with Gasteiger partial charge in [-0.3, -0.25) is 14.1 Å². The first kappa shape index (κ1) is 30.1. The fraction of sp³-hybridized carbons (Fsp3) is 0.310. The standard InChI is InChI=1S/C29H34N4O6S2/c1-18(2)32(29(34)28-20(4)14-19(3)15-21(28)5)17-27-30-25-16-22(31-40(6,35)36)8-13-26(25)33(27)23-9-11-24(12-10-23)39-41(7,37)38/h8-16,18,31H,17H2,1-7H3. The maximum atomic E-state index is 13.9. The summed E-state index contributed by atoms with van der Waals surface area (Å²) in [6, 6.07) is 15.3. The molecular weight excluding hydrogens is 564 g/mol. The number of hydrogen-bond acceptors (Lipinski definition) is 7. The van der Waals surface area contributed by atoms with Crippen molar-refractivity contribution in [2.24, 2.45) is 0 Å². The maximum absolute atomic E-state index is 13.9. The van der Waals surface area contributed by atoms with Crippen LogP contribution in [0, 0.1) is 20.8 Å². The Morgan fingerprint density at radius 3 is 2.10 bits per heavy atom. The molecule has 12 heteroatoms. The van der Waals surface area contributed by atoms with Crippen molar-refractivity contribution in [1.82, 2.24) is 14.5 Å². The number of amides is 1. The third-order valence-electron chi connectivity index (χ3n) is 6.46. The van der Waals surface area contributed by atoms with Crippen molar-refractivity contribution in [1.29, 1.82) is 0 Å². The molecule has 0 saturated heterocycles. The van der Waals surface area contributed by atoms with Crippen molar-refractivity contribution in [3.63, 3.8) is 0 Å². The van der Waals surface area contributed by atoms with Gasteiger partial charge in [-0.1, -0.05) is 17.7 Å². The van der Waals surface area contributed by atoms with Crippen LogP contribution in [0.2, 0.25) is 0 Å². The fourth-order valence-corrected chi connectivity index (χ4v) is 5.95. The molecule has 3 aromatic carbocycles. The van der Waals surface area contributed by atoms with Gasteiger partial charge in [0.1, 0.15) is 11.6 Å². The second kappa shape index (κ2) is 11.2. The quantitative estimate of drug-likeness (QED) is 0.276. The molecule has 4 aromatic rings. The molecule has 4 rings (SSSR count). The molecule has 10 nitrogen and oxygen atoms in total. The summed E-state index contributed by atoms with van der Waals surface area (Å²) in [6.45, 7) is 9.89. The van der Waals surface area contributed by atoms with Gasteiger partial charge < -0.3 is 9.08 Å². The molecule has 0 saturated carbocycles. The normalized spacial score (nSPS) is 12.1. The monoisotopic (exact) mass is 598 g/mol. The topological polar surface area (TPSA) is 128 Å². The molecular formula is C29H34N4O6S2. The highest BCUT2D eigenvalue weighted by atomic mass is 32.2. The summed E-state index contributed by atoms with van der Waals surface area (Å²) in [4.78, 5) is 20.5. The van der Waals surface area contributed by atoms with Gasteiger partial charge in [0.2, 0.25) is 10.0 Å². The Hall–Kier alpha value is -3.90. The van der Waals surface area contributed by atoms with E-state index < -0.39 is 20.1 Å². The van der Waals surface area contributed by atoms with Gasteiger partial charge in [0.15, 0.2) is 0 Å². The van der Waals surface area contributed by atoms with Crippen molar-refractivity contribution in [2.45, 2.75) is 47.2 Å². The smallest absolute Gasteiger partial charge is 0.306 e. The maximum Gasteiger partial charge on any atom is 0.306 e. The Kier molecular flexibility index (Phi) is 8.19. The van der Waals surface area contributed by atoms with Crippen molar-refractivity contribution < 1.29 is 25.8 Å². The van der Waals surface area contributed by atoms with E-state index in [4.69, 9.17) is 9.17 Å². The van der Waals surface area contributed by atoms with Gasteiger partial charge in [0.05, 0.1) is 35.8 Å². The summed E-state index contributed by atoms with van der Waals surface area (Å²) >= 11 is 0. The van der Waals surface area contributed by atoms with Gasteiger partial charge in [-0.15, -0.1) is 0 Å². The fourth-order valence-electron chi connectivity index (χ4n) is 4.93. The highest BCUT2D eigenvalue weighted by Crippen LogP contribution is 2.28. The second-order valence-corrected chi connectivity index (χ2v) is 13.8. The van der Waals surface area contributed by atoms with Crippen LogP contribution in [0.25, 0.3) is 16.7 Å². The Bertz CT molecular complexity index is 1820. The van der Waals surface area contributed by atoms with Crippen LogP contribution < -0.4 is 8.91 Å². The number of hydrogen-bond donors (Lipinski definition) is 1. The Balaban J connectivity index is 1.84. The molecule has 0 bridgehead atoms. The molecule has 41 heavy (non-hydrogen) atoms. The second-order valence-electron chi connectivity index (χ2n) is 10.5. The number of fused-ring (bicyclic) bond motifs is 1. The van der Waals surface area contributed by atoms with Gasteiger partial charge in [-0.2, -0.15) is 8.42 Å². The van der Waals surface area contributed by atoms with E-state index in [1.165, 1.54) is 12.1 Å². The molecule has 0 spiro atoms. The number of nitrogens with one attached hydrogen (secondary N) is 1. The minimum Gasteiger partial charge on any atom is -0.383 e. The van der Waals surface area contributed by atoms with Crippen LogP contribution in [-0.2, 0) is 26.7 Å². The molecule has 0 radical (unpaired) electrons. The van der Waals surface area contributed by atoms with E-state index in [2.05, 4.69) is 4.72 Å². The number of aryl methyl sites for hydroxylation is 3. The number of carbonyl (C=O) groups is 1. The third-order valence-corrected chi connectivity index (χ3v) is 7.56. The highest BCUT2D eigenvalue weighted by molar-refractivity contribution is 7.92. The molecule has 0 unspecified atom stereocenters. The van der Waals surface area contributed by atoms with Crippen LogP contribution in [0.3, 0.4) is 0 Å². The van der Waals surface area contributed by atoms with E-state index in [1.807, 2.05) is 51.3 Å². The zero-order valence-corrected chi connectivity index (χ0v) is 25.7. The van der Waals surface area contributed by atoms with Gasteiger partial charge in [0, 0.05) is 17.3 Å². The third kappa shape index (κ3) is 7.06. The molecule has 0 aliphatic heterocycles. The molecule has 0 atom stereocenters. The van der Waals surface area contributed by atoms with Crippen LogP contribution in [0.1, 0.15) is 46.7 Å². The largest absolute Gasteiger partial charge is 0.383 e. The van der Waals surface area contributed by atoms with E-state index in [-0.39, 0.29) is 24.2 Å². The summed E-state index contributed by atoms with van der Waals surface area (Å²) in [5.41, 5.74) is 5.72. The van der Waals surface area contributed by atoms with E-state index in [0.29, 0.717) is 33.8 Å². The first-order chi connectivity index (χ1) is 19.0. The minimum absolute atomic E-state index is 0.120. The zero-order valence-electron chi connectivity index (χ0n) is 24.1. The average Bonchev–Trinajstić information content (AvgIpc) is 3.17. The minimum atomic E-state index is -3.70. The van der Waals surface area contributed by atoms with Crippen molar-refractivity contribution >= 4 is 42.8 Å². The van der Waals surface area contributed by atoms with Gasteiger partial charge in [0.25, 0.3) is 5.91 Å². The molecule has 0 aliphatic carbocycles. The lowest BCUT2D eigenvalue weighted by Gasteiger charge is -2.28. The van der Waals surface area contributed by atoms with Gasteiger partial charge in [-0.05, 0) is 88.2 Å². The molecule has 1 aromatic heterocycles. The number of benzene rings is 3. The first-order valence-corrected chi connectivity index (χ1v) is 16.6. The number of rotatable bonds is 9. The predicted molar refractivity (Wildman–Crippen MR) is 161 cm³/mol. The van der Waals surface area contributed by atoms with Crippen LogP contribution in [0.5, 0.6) is 5.75 Å². The van der Waals surface area contributed by atoms with Crippen LogP contribution in [0.4, 0.5) is 5.69 Å². The van der Waals surface area contributed by atoms with Gasteiger partial charge >= 0.3 is 10.1 Å². The lowest BCUT2D eigenvalue weighted by atomic mass is 9.98. The lowest BCUT2D eigenvalue weighted by molar-refractivity contribution is 0.0683. The molecule has 218 valence electrons. The van der Waals surface area contributed by atoms with Crippen molar-refractivity contribution in [2.75, 3.05) is 17.2 Å². The van der Waals surface area contributed by atoms with Crippen molar-refractivity contribution in [3.05, 3.63) is 82.7 Å². The van der Waals surface area contributed by atoms with Crippen LogP contribution in [0.15, 0.2) is 54.6 Å². The molecule has 1 amide bonds. The van der Waals surface area contributed by atoms with E-state index >= 15 is 0 Å². The molecule has 0 aliphatic rings. The van der Waals surface area contributed by atoms with Crippen LogP contribution in [-0.4, -0.2) is 55.7 Å². The number of imidazole rings is 1. The van der Waals surface area contributed by atoms with E-state index in [0.717, 1.165) is 29.2 Å². The Morgan fingerprint density at radius 1 is 0.951 bits per heavy atom. The molecule has 1 N–H and O–H groups in total. The summed E-state index contributed by atoms with van der Waals surface area (Å²) < 4.78 is 56.2. The first-order valence-electron chi connectivity index (χ1n) is 12.9.